The zero-order chi connectivity index (χ0) is 12.4. The highest BCUT2D eigenvalue weighted by molar-refractivity contribution is 5.30. The predicted octanol–water partition coefficient (Wildman–Crippen LogP) is 3.17. The predicted molar refractivity (Wildman–Crippen MR) is 72.1 cm³/mol. The number of hydrogen-bond donors (Lipinski definition) is 1. The summed E-state index contributed by atoms with van der Waals surface area (Å²) in [5.74, 6) is 0. The molecular formula is C15H20N2. The summed E-state index contributed by atoms with van der Waals surface area (Å²) >= 11 is 0. The number of aryl methyl sites for hydroxylation is 1. The minimum atomic E-state index is 0.103. The number of nitrogens with two attached hydrogens (primary N) is 1. The second-order valence-corrected chi connectivity index (χ2v) is 4.69. The molecule has 2 nitrogen and oxygen atoms in total. The molecule has 0 bridgehead atoms. The number of hydrogen-bond acceptors (Lipinski definition) is 1. The maximum atomic E-state index is 5.98. The van der Waals surface area contributed by atoms with Crippen molar-refractivity contribution in [1.82, 2.24) is 4.57 Å². The lowest BCUT2D eigenvalue weighted by Crippen LogP contribution is -2.08. The minimum absolute atomic E-state index is 0.103. The van der Waals surface area contributed by atoms with Crippen LogP contribution in [0.15, 0.2) is 36.4 Å². The van der Waals surface area contributed by atoms with Crippen LogP contribution in [0.25, 0.3) is 0 Å². The summed E-state index contributed by atoms with van der Waals surface area (Å²) in [5, 5.41) is 0. The Hall–Kier alpha value is -1.54. The van der Waals surface area contributed by atoms with Gasteiger partial charge in [-0.25, -0.2) is 0 Å². The first-order valence-corrected chi connectivity index (χ1v) is 6.05. The summed E-state index contributed by atoms with van der Waals surface area (Å²) < 4.78 is 2.33. The van der Waals surface area contributed by atoms with Gasteiger partial charge in [0.1, 0.15) is 0 Å². The van der Waals surface area contributed by atoms with Crippen molar-refractivity contribution in [2.24, 2.45) is 5.73 Å². The van der Waals surface area contributed by atoms with Crippen LogP contribution >= 0.6 is 0 Å². The number of aromatic nitrogens is 1. The van der Waals surface area contributed by atoms with E-state index in [9.17, 15) is 0 Å². The zero-order valence-corrected chi connectivity index (χ0v) is 10.8. The van der Waals surface area contributed by atoms with Gasteiger partial charge in [0.15, 0.2) is 0 Å². The van der Waals surface area contributed by atoms with E-state index in [1.165, 1.54) is 22.5 Å². The van der Waals surface area contributed by atoms with Gasteiger partial charge in [-0.15, -0.1) is 0 Å². The van der Waals surface area contributed by atoms with Crippen molar-refractivity contribution in [1.29, 1.82) is 0 Å². The van der Waals surface area contributed by atoms with Gasteiger partial charge in [0.2, 0.25) is 0 Å². The van der Waals surface area contributed by atoms with Gasteiger partial charge in [0, 0.05) is 24.0 Å². The molecule has 90 valence electrons. The van der Waals surface area contributed by atoms with E-state index in [2.05, 4.69) is 48.7 Å². The molecule has 0 aliphatic carbocycles. The molecular weight excluding hydrogens is 208 g/mol. The van der Waals surface area contributed by atoms with E-state index in [1.54, 1.807) is 0 Å². The lowest BCUT2D eigenvalue weighted by Gasteiger charge is -2.11. The average molecular weight is 228 g/mol. The van der Waals surface area contributed by atoms with Crippen molar-refractivity contribution >= 4 is 0 Å². The Kier molecular flexibility index (Phi) is 3.34. The Balaban J connectivity index is 2.34. The number of rotatable bonds is 3. The smallest absolute Gasteiger partial charge is 0.0475 e. The van der Waals surface area contributed by atoms with Crippen LogP contribution < -0.4 is 5.73 Å². The molecule has 1 aromatic carbocycles. The molecule has 1 aromatic heterocycles. The summed E-state index contributed by atoms with van der Waals surface area (Å²) in [4.78, 5) is 0. The van der Waals surface area contributed by atoms with Gasteiger partial charge in [0.05, 0.1) is 0 Å². The first-order chi connectivity index (χ1) is 8.09. The zero-order valence-electron chi connectivity index (χ0n) is 10.8. The van der Waals surface area contributed by atoms with Crippen molar-refractivity contribution in [2.75, 3.05) is 0 Å². The number of benzene rings is 1. The van der Waals surface area contributed by atoms with Crippen LogP contribution in [0.2, 0.25) is 0 Å². The lowest BCUT2D eigenvalue weighted by atomic mass is 10.1. The van der Waals surface area contributed by atoms with Crippen LogP contribution in [0.3, 0.4) is 0 Å². The highest BCUT2D eigenvalue weighted by Crippen LogP contribution is 2.21. The molecule has 0 spiro atoms. The molecule has 1 heterocycles. The molecule has 2 aromatic rings. The van der Waals surface area contributed by atoms with Gasteiger partial charge in [-0.1, -0.05) is 30.3 Å². The Bertz CT molecular complexity index is 495. The van der Waals surface area contributed by atoms with E-state index in [0.29, 0.717) is 0 Å². The van der Waals surface area contributed by atoms with E-state index >= 15 is 0 Å². The minimum Gasteiger partial charge on any atom is -0.344 e. The molecule has 0 unspecified atom stereocenters. The Morgan fingerprint density at radius 1 is 1.18 bits per heavy atom. The van der Waals surface area contributed by atoms with Crippen molar-refractivity contribution in [3.05, 3.63) is 58.9 Å². The first kappa shape index (κ1) is 11.9. The average Bonchev–Trinajstić information content (AvgIpc) is 2.58. The molecule has 0 fully saturated rings. The maximum absolute atomic E-state index is 5.98. The van der Waals surface area contributed by atoms with Gasteiger partial charge < -0.3 is 10.3 Å². The maximum Gasteiger partial charge on any atom is 0.0475 e. The fourth-order valence-corrected chi connectivity index (χ4v) is 2.30. The van der Waals surface area contributed by atoms with Gasteiger partial charge in [-0.3, -0.25) is 0 Å². The second-order valence-electron chi connectivity index (χ2n) is 4.69. The monoisotopic (exact) mass is 228 g/mol. The molecule has 0 amide bonds. The third-order valence-corrected chi connectivity index (χ3v) is 3.29. The van der Waals surface area contributed by atoms with Crippen LogP contribution in [0.1, 0.15) is 35.5 Å². The molecule has 0 radical (unpaired) electrons. The van der Waals surface area contributed by atoms with E-state index in [0.717, 1.165) is 6.54 Å². The van der Waals surface area contributed by atoms with Gasteiger partial charge in [-0.05, 0) is 38.0 Å². The highest BCUT2D eigenvalue weighted by atomic mass is 15.0. The van der Waals surface area contributed by atoms with Crippen molar-refractivity contribution in [3.63, 3.8) is 0 Å². The molecule has 2 rings (SSSR count). The third-order valence-electron chi connectivity index (χ3n) is 3.29. The van der Waals surface area contributed by atoms with Gasteiger partial charge >= 0.3 is 0 Å². The van der Waals surface area contributed by atoms with Crippen molar-refractivity contribution < 1.29 is 0 Å². The Morgan fingerprint density at radius 2 is 1.82 bits per heavy atom. The van der Waals surface area contributed by atoms with Crippen LogP contribution in [0.5, 0.6) is 0 Å². The second kappa shape index (κ2) is 4.76. The standard InChI is InChI=1S/C15H20N2/c1-11-9-15(12(2)16)13(3)17(11)10-14-7-5-4-6-8-14/h4-9,12H,10,16H2,1-3H3/t12-/m0/s1. The molecule has 0 saturated carbocycles. The van der Waals surface area contributed by atoms with Crippen LogP contribution in [0.4, 0.5) is 0 Å². The number of nitrogens with zero attached hydrogens (tertiary/aromatic N) is 1. The fourth-order valence-electron chi connectivity index (χ4n) is 2.30. The van der Waals surface area contributed by atoms with E-state index in [4.69, 9.17) is 5.73 Å². The highest BCUT2D eigenvalue weighted by Gasteiger charge is 2.11. The van der Waals surface area contributed by atoms with Crippen LogP contribution in [-0.2, 0) is 6.54 Å². The van der Waals surface area contributed by atoms with Gasteiger partial charge in [-0.2, -0.15) is 0 Å². The molecule has 2 heteroatoms. The summed E-state index contributed by atoms with van der Waals surface area (Å²) in [6.07, 6.45) is 0. The Morgan fingerprint density at radius 3 is 2.35 bits per heavy atom. The van der Waals surface area contributed by atoms with E-state index in [-0.39, 0.29) is 6.04 Å². The first-order valence-electron chi connectivity index (χ1n) is 6.05. The summed E-state index contributed by atoms with van der Waals surface area (Å²) in [6, 6.07) is 12.8. The van der Waals surface area contributed by atoms with E-state index < -0.39 is 0 Å². The van der Waals surface area contributed by atoms with Crippen LogP contribution in [-0.4, -0.2) is 4.57 Å². The molecule has 0 aliphatic rings. The molecule has 0 aliphatic heterocycles. The summed E-state index contributed by atoms with van der Waals surface area (Å²) in [5.41, 5.74) is 11.1. The van der Waals surface area contributed by atoms with Crippen LogP contribution in [0, 0.1) is 13.8 Å². The summed E-state index contributed by atoms with van der Waals surface area (Å²) in [7, 11) is 0. The van der Waals surface area contributed by atoms with Crippen molar-refractivity contribution in [2.45, 2.75) is 33.4 Å². The quantitative estimate of drug-likeness (QED) is 0.859. The molecule has 2 N–H and O–H groups in total. The van der Waals surface area contributed by atoms with E-state index in [1.807, 2.05) is 13.0 Å². The molecule has 1 atom stereocenters. The SMILES string of the molecule is Cc1cc([C@H](C)N)c(C)n1Cc1ccccc1. The fraction of sp³-hybridized carbons (Fsp3) is 0.333. The molecule has 17 heavy (non-hydrogen) atoms. The normalized spacial score (nSPS) is 12.7. The largest absolute Gasteiger partial charge is 0.344 e. The topological polar surface area (TPSA) is 30.9 Å². The lowest BCUT2D eigenvalue weighted by molar-refractivity contribution is 0.730. The van der Waals surface area contributed by atoms with Gasteiger partial charge in [0.25, 0.3) is 0 Å². The molecule has 0 saturated heterocycles. The summed E-state index contributed by atoms with van der Waals surface area (Å²) in [6.45, 7) is 7.25. The Labute approximate surface area is 103 Å². The van der Waals surface area contributed by atoms with Crippen molar-refractivity contribution in [3.8, 4) is 0 Å². The third kappa shape index (κ3) is 2.42.